The van der Waals surface area contributed by atoms with Crippen molar-refractivity contribution in [2.75, 3.05) is 0 Å². The zero-order chi connectivity index (χ0) is 13.0. The molecular weight excluding hydrogens is 242 g/mol. The fourth-order valence-electron chi connectivity index (χ4n) is 2.24. The molecule has 0 amide bonds. The molecule has 2 aromatic rings. The molecule has 1 aromatic heterocycles. The first-order valence-electron chi connectivity index (χ1n) is 5.64. The third kappa shape index (κ3) is 1.41. The van der Waals surface area contributed by atoms with E-state index in [1.165, 1.54) is 11.5 Å². The van der Waals surface area contributed by atoms with Crippen molar-refractivity contribution < 1.29 is 8.78 Å². The van der Waals surface area contributed by atoms with Gasteiger partial charge in [0.25, 0.3) is 5.56 Å². The average Bonchev–Trinajstić information content (AvgIpc) is 3.09. The van der Waals surface area contributed by atoms with Crippen LogP contribution in [-0.2, 0) is 0 Å². The first kappa shape index (κ1) is 11.1. The number of hydrogen-bond acceptors (Lipinski definition) is 2. The van der Waals surface area contributed by atoms with Crippen molar-refractivity contribution in [3.63, 3.8) is 0 Å². The predicted octanol–water partition coefficient (Wildman–Crippen LogP) is 1.61. The summed E-state index contributed by atoms with van der Waals surface area (Å²) in [5.74, 6) is -2.09. The maximum atomic E-state index is 13.5. The minimum absolute atomic E-state index is 0.0267. The van der Waals surface area contributed by atoms with E-state index in [9.17, 15) is 18.4 Å². The monoisotopic (exact) mass is 252 g/mol. The van der Waals surface area contributed by atoms with Crippen molar-refractivity contribution in [1.29, 1.82) is 0 Å². The number of nitrogens with zero attached hydrogens (tertiary/aromatic N) is 1. The van der Waals surface area contributed by atoms with E-state index in [2.05, 4.69) is 4.98 Å². The Labute approximate surface area is 99.9 Å². The third-order valence-electron chi connectivity index (χ3n) is 3.27. The van der Waals surface area contributed by atoms with Crippen molar-refractivity contribution in [2.24, 2.45) is 0 Å². The summed E-state index contributed by atoms with van der Waals surface area (Å²) < 4.78 is 28.2. The summed E-state index contributed by atoms with van der Waals surface area (Å²) in [5.41, 5.74) is -1.15. The number of nitrogens with one attached hydrogen (secondary N) is 1. The molecule has 0 spiro atoms. The lowest BCUT2D eigenvalue weighted by Crippen LogP contribution is -2.30. The second-order valence-corrected chi connectivity index (χ2v) is 4.55. The molecule has 0 aliphatic heterocycles. The minimum Gasteiger partial charge on any atom is -0.290 e. The highest BCUT2D eigenvalue weighted by atomic mass is 19.2. The molecule has 0 radical (unpaired) electrons. The Bertz CT molecular complexity index is 772. The molecule has 94 valence electrons. The molecule has 3 rings (SSSR count). The Morgan fingerprint density at radius 3 is 2.61 bits per heavy atom. The zero-order valence-electron chi connectivity index (χ0n) is 9.59. The Hall–Kier alpha value is -1.98. The van der Waals surface area contributed by atoms with Gasteiger partial charge in [-0.3, -0.25) is 14.3 Å². The van der Waals surface area contributed by atoms with Crippen LogP contribution in [0.1, 0.15) is 24.4 Å². The van der Waals surface area contributed by atoms with Gasteiger partial charge in [0.2, 0.25) is 0 Å². The van der Waals surface area contributed by atoms with Crippen LogP contribution in [0, 0.1) is 18.6 Å². The van der Waals surface area contributed by atoms with E-state index < -0.39 is 22.9 Å². The molecule has 0 bridgehead atoms. The standard InChI is InChI=1S/C12H10F2N2O2/c1-5-9-8(4-7(13)10(5)14)16(6-2-3-6)12(18)15-11(9)17/h4,6H,2-3H2,1H3,(H,15,17,18). The first-order valence-corrected chi connectivity index (χ1v) is 5.64. The topological polar surface area (TPSA) is 54.9 Å². The van der Waals surface area contributed by atoms with E-state index in [-0.39, 0.29) is 22.5 Å². The summed E-state index contributed by atoms with van der Waals surface area (Å²) in [4.78, 5) is 25.6. The molecule has 1 aliphatic carbocycles. The molecule has 0 unspecified atom stereocenters. The van der Waals surface area contributed by atoms with Crippen LogP contribution in [0.2, 0.25) is 0 Å². The Balaban J connectivity index is 2.57. The van der Waals surface area contributed by atoms with Gasteiger partial charge in [-0.25, -0.2) is 13.6 Å². The van der Waals surface area contributed by atoms with Crippen LogP contribution in [-0.4, -0.2) is 9.55 Å². The molecule has 6 heteroatoms. The SMILES string of the molecule is Cc1c(F)c(F)cc2c1c(=O)[nH]c(=O)n2C1CC1. The van der Waals surface area contributed by atoms with Gasteiger partial charge in [-0.05, 0) is 19.8 Å². The van der Waals surface area contributed by atoms with E-state index in [0.717, 1.165) is 18.9 Å². The molecule has 1 saturated carbocycles. The highest BCUT2D eigenvalue weighted by Crippen LogP contribution is 2.35. The lowest BCUT2D eigenvalue weighted by molar-refractivity contribution is 0.504. The molecule has 1 N–H and O–H groups in total. The Morgan fingerprint density at radius 1 is 1.33 bits per heavy atom. The van der Waals surface area contributed by atoms with E-state index in [0.29, 0.717) is 0 Å². The molecule has 0 saturated heterocycles. The summed E-state index contributed by atoms with van der Waals surface area (Å²) in [6, 6.07) is 0.896. The van der Waals surface area contributed by atoms with Crippen LogP contribution < -0.4 is 11.2 Å². The molecular formula is C12H10F2N2O2. The lowest BCUT2D eigenvalue weighted by Gasteiger charge is -2.10. The summed E-state index contributed by atoms with van der Waals surface area (Å²) in [7, 11) is 0. The predicted molar refractivity (Wildman–Crippen MR) is 61.8 cm³/mol. The third-order valence-corrected chi connectivity index (χ3v) is 3.27. The molecule has 1 fully saturated rings. The summed E-state index contributed by atoms with van der Waals surface area (Å²) in [5, 5.41) is 0.0420. The minimum atomic E-state index is -1.05. The average molecular weight is 252 g/mol. The number of benzene rings is 1. The van der Waals surface area contributed by atoms with Gasteiger partial charge in [0.1, 0.15) is 0 Å². The zero-order valence-corrected chi connectivity index (χ0v) is 9.59. The Kier molecular flexibility index (Phi) is 2.17. The van der Waals surface area contributed by atoms with Crippen LogP contribution in [0.4, 0.5) is 8.78 Å². The van der Waals surface area contributed by atoms with Gasteiger partial charge in [0, 0.05) is 17.7 Å². The first-order chi connectivity index (χ1) is 8.50. The van der Waals surface area contributed by atoms with Crippen molar-refractivity contribution in [1.82, 2.24) is 9.55 Å². The number of aromatic nitrogens is 2. The molecule has 18 heavy (non-hydrogen) atoms. The number of aromatic amines is 1. The number of hydrogen-bond donors (Lipinski definition) is 1. The second kappa shape index (κ2) is 3.51. The number of aryl methyl sites for hydroxylation is 1. The van der Waals surface area contributed by atoms with Crippen molar-refractivity contribution >= 4 is 10.9 Å². The van der Waals surface area contributed by atoms with E-state index >= 15 is 0 Å². The smallest absolute Gasteiger partial charge is 0.290 e. The van der Waals surface area contributed by atoms with E-state index in [4.69, 9.17) is 0 Å². The summed E-state index contributed by atoms with van der Waals surface area (Å²) in [6.07, 6.45) is 1.61. The molecule has 1 aromatic carbocycles. The molecule has 4 nitrogen and oxygen atoms in total. The van der Waals surface area contributed by atoms with Gasteiger partial charge in [0.15, 0.2) is 11.6 Å². The van der Waals surface area contributed by atoms with Gasteiger partial charge in [-0.15, -0.1) is 0 Å². The van der Waals surface area contributed by atoms with Crippen LogP contribution in [0.5, 0.6) is 0 Å². The van der Waals surface area contributed by atoms with Crippen molar-refractivity contribution in [3.05, 3.63) is 44.1 Å². The van der Waals surface area contributed by atoms with Gasteiger partial charge in [-0.1, -0.05) is 0 Å². The number of H-pyrrole nitrogens is 1. The maximum absolute atomic E-state index is 13.5. The maximum Gasteiger partial charge on any atom is 0.329 e. The quantitative estimate of drug-likeness (QED) is 0.838. The second-order valence-electron chi connectivity index (χ2n) is 4.55. The van der Waals surface area contributed by atoms with Crippen LogP contribution in [0.25, 0.3) is 10.9 Å². The fourth-order valence-corrected chi connectivity index (χ4v) is 2.24. The highest BCUT2D eigenvalue weighted by molar-refractivity contribution is 5.82. The normalized spacial score (nSPS) is 15.3. The van der Waals surface area contributed by atoms with Crippen molar-refractivity contribution in [3.8, 4) is 0 Å². The Morgan fingerprint density at radius 2 is 2.00 bits per heavy atom. The largest absolute Gasteiger partial charge is 0.329 e. The number of rotatable bonds is 1. The number of fused-ring (bicyclic) bond motifs is 1. The fraction of sp³-hybridized carbons (Fsp3) is 0.333. The van der Waals surface area contributed by atoms with Gasteiger partial charge >= 0.3 is 5.69 Å². The van der Waals surface area contributed by atoms with Crippen LogP contribution in [0.15, 0.2) is 15.7 Å². The van der Waals surface area contributed by atoms with E-state index in [1.807, 2.05) is 0 Å². The van der Waals surface area contributed by atoms with Gasteiger partial charge in [0.05, 0.1) is 10.9 Å². The molecule has 0 atom stereocenters. The summed E-state index contributed by atoms with van der Waals surface area (Å²) >= 11 is 0. The number of halogens is 2. The van der Waals surface area contributed by atoms with Crippen molar-refractivity contribution in [2.45, 2.75) is 25.8 Å². The molecule has 1 heterocycles. The van der Waals surface area contributed by atoms with E-state index in [1.54, 1.807) is 0 Å². The van der Waals surface area contributed by atoms with Gasteiger partial charge < -0.3 is 0 Å². The lowest BCUT2D eigenvalue weighted by atomic mass is 10.1. The van der Waals surface area contributed by atoms with Crippen LogP contribution >= 0.6 is 0 Å². The summed E-state index contributed by atoms with van der Waals surface area (Å²) in [6.45, 7) is 1.33. The van der Waals surface area contributed by atoms with Gasteiger partial charge in [-0.2, -0.15) is 0 Å². The molecule has 1 aliphatic rings. The van der Waals surface area contributed by atoms with Crippen LogP contribution in [0.3, 0.4) is 0 Å². The highest BCUT2D eigenvalue weighted by Gasteiger charge is 2.28.